The summed E-state index contributed by atoms with van der Waals surface area (Å²) in [6.45, 7) is 3.33. The van der Waals surface area contributed by atoms with E-state index in [1.54, 1.807) is 24.7 Å². The number of fused-ring (bicyclic) bond motifs is 1. The van der Waals surface area contributed by atoms with Gasteiger partial charge in [-0.15, -0.1) is 0 Å². The highest BCUT2D eigenvalue weighted by molar-refractivity contribution is 5.82. The monoisotopic (exact) mass is 275 g/mol. The number of hydrogen-bond donors (Lipinski definition) is 1. The van der Waals surface area contributed by atoms with E-state index in [1.807, 2.05) is 24.3 Å². The van der Waals surface area contributed by atoms with Crippen LogP contribution >= 0.6 is 0 Å². The van der Waals surface area contributed by atoms with Crippen molar-refractivity contribution >= 4 is 22.8 Å². The number of carbonyl (C=O) groups excluding carboxylic acids is 1. The van der Waals surface area contributed by atoms with Gasteiger partial charge in [-0.05, 0) is 19.9 Å². The van der Waals surface area contributed by atoms with Gasteiger partial charge in [0.25, 0.3) is 0 Å². The zero-order chi connectivity index (χ0) is 14.7. The molecule has 0 unspecified atom stereocenters. The van der Waals surface area contributed by atoms with Crippen molar-refractivity contribution in [3.05, 3.63) is 30.5 Å². The molecule has 0 aliphatic heterocycles. The molecule has 1 N–H and O–H groups in total. The Labute approximate surface area is 116 Å². The first-order valence-electron chi connectivity index (χ1n) is 6.41. The zero-order valence-corrected chi connectivity index (χ0v) is 11.5. The fourth-order valence-corrected chi connectivity index (χ4v) is 2.03. The van der Waals surface area contributed by atoms with Crippen LogP contribution in [0, 0.1) is 0 Å². The van der Waals surface area contributed by atoms with E-state index in [0.717, 1.165) is 10.9 Å². The highest BCUT2D eigenvalue weighted by atomic mass is 16.4. The third-order valence-electron chi connectivity index (χ3n) is 3.01. The van der Waals surface area contributed by atoms with Crippen LogP contribution in [0.2, 0.25) is 0 Å². The molecule has 1 amide bonds. The molecule has 1 heterocycles. The Morgan fingerprint density at radius 2 is 2.05 bits per heavy atom. The molecule has 0 atom stereocenters. The molecule has 106 valence electrons. The van der Waals surface area contributed by atoms with E-state index in [4.69, 9.17) is 5.11 Å². The highest BCUT2D eigenvalue weighted by Gasteiger charge is 2.20. The minimum absolute atomic E-state index is 0.0418. The van der Waals surface area contributed by atoms with Crippen molar-refractivity contribution in [2.45, 2.75) is 26.4 Å². The summed E-state index contributed by atoms with van der Waals surface area (Å²) in [5.41, 5.74) is 0.814. The molecule has 0 aliphatic rings. The molecule has 0 spiro atoms. The van der Waals surface area contributed by atoms with Crippen molar-refractivity contribution in [3.63, 3.8) is 0 Å². The first-order valence-corrected chi connectivity index (χ1v) is 6.41. The van der Waals surface area contributed by atoms with Crippen molar-refractivity contribution in [3.8, 4) is 0 Å². The molecule has 1 aromatic heterocycles. The average molecular weight is 275 g/mol. The van der Waals surface area contributed by atoms with E-state index in [0.29, 0.717) is 0 Å². The lowest BCUT2D eigenvalue weighted by atomic mass is 10.3. The second-order valence-corrected chi connectivity index (χ2v) is 4.89. The van der Waals surface area contributed by atoms with Crippen LogP contribution in [0.5, 0.6) is 0 Å². The van der Waals surface area contributed by atoms with E-state index in [-0.39, 0.29) is 25.0 Å². The Bertz CT molecular complexity index is 600. The van der Waals surface area contributed by atoms with Crippen LogP contribution < -0.4 is 0 Å². The molecule has 0 saturated carbocycles. The minimum Gasteiger partial charge on any atom is -0.480 e. The van der Waals surface area contributed by atoms with Crippen LogP contribution in [0.25, 0.3) is 10.9 Å². The zero-order valence-electron chi connectivity index (χ0n) is 11.5. The number of carboxylic acids is 1. The highest BCUT2D eigenvalue weighted by Crippen LogP contribution is 2.11. The summed E-state index contributed by atoms with van der Waals surface area (Å²) < 4.78 is 1.55. The van der Waals surface area contributed by atoms with E-state index < -0.39 is 5.97 Å². The van der Waals surface area contributed by atoms with Crippen molar-refractivity contribution < 1.29 is 14.7 Å². The topological polar surface area (TPSA) is 75.4 Å². The van der Waals surface area contributed by atoms with Gasteiger partial charge in [-0.2, -0.15) is 5.10 Å². The number of nitrogens with zero attached hydrogens (tertiary/aromatic N) is 3. The number of carboxylic acid groups (broad SMARTS) is 1. The maximum absolute atomic E-state index is 12.2. The molecule has 6 heteroatoms. The Kier molecular flexibility index (Phi) is 4.02. The summed E-state index contributed by atoms with van der Waals surface area (Å²) in [5, 5.41) is 14.1. The SMILES string of the molecule is CC(C)N(CC(=O)O)C(=O)Cn1cc2ccccc2n1. The van der Waals surface area contributed by atoms with Crippen molar-refractivity contribution in [1.29, 1.82) is 0 Å². The summed E-state index contributed by atoms with van der Waals surface area (Å²) >= 11 is 0. The second kappa shape index (κ2) is 5.73. The number of hydrogen-bond acceptors (Lipinski definition) is 3. The fourth-order valence-electron chi connectivity index (χ4n) is 2.03. The lowest BCUT2D eigenvalue weighted by Crippen LogP contribution is -2.42. The summed E-state index contributed by atoms with van der Waals surface area (Å²) in [7, 11) is 0. The van der Waals surface area contributed by atoms with Gasteiger partial charge in [0, 0.05) is 17.6 Å². The lowest BCUT2D eigenvalue weighted by molar-refractivity contribution is -0.146. The Hall–Kier alpha value is -2.37. The Balaban J connectivity index is 2.14. The molecule has 0 radical (unpaired) electrons. The van der Waals surface area contributed by atoms with Crippen LogP contribution in [0.4, 0.5) is 0 Å². The average Bonchev–Trinajstić information content (AvgIpc) is 2.77. The molecule has 2 rings (SSSR count). The third kappa shape index (κ3) is 3.14. The van der Waals surface area contributed by atoms with Gasteiger partial charge in [-0.1, -0.05) is 18.2 Å². The number of benzene rings is 1. The summed E-state index contributed by atoms with van der Waals surface area (Å²) in [6, 6.07) is 7.41. The van der Waals surface area contributed by atoms with Crippen molar-refractivity contribution in [2.24, 2.45) is 0 Å². The van der Waals surface area contributed by atoms with E-state index in [9.17, 15) is 9.59 Å². The first kappa shape index (κ1) is 14.0. The van der Waals surface area contributed by atoms with Gasteiger partial charge in [0.15, 0.2) is 0 Å². The third-order valence-corrected chi connectivity index (χ3v) is 3.01. The molecule has 6 nitrogen and oxygen atoms in total. The molecule has 0 fully saturated rings. The van der Waals surface area contributed by atoms with Gasteiger partial charge in [-0.3, -0.25) is 14.3 Å². The van der Waals surface area contributed by atoms with Gasteiger partial charge < -0.3 is 10.0 Å². The van der Waals surface area contributed by atoms with Crippen LogP contribution in [0.15, 0.2) is 30.5 Å². The molecular weight excluding hydrogens is 258 g/mol. The first-order chi connectivity index (χ1) is 9.47. The summed E-state index contributed by atoms with van der Waals surface area (Å²) in [4.78, 5) is 24.3. The summed E-state index contributed by atoms with van der Waals surface area (Å²) in [6.07, 6.45) is 1.78. The van der Waals surface area contributed by atoms with E-state index >= 15 is 0 Å². The summed E-state index contributed by atoms with van der Waals surface area (Å²) in [5.74, 6) is -1.27. The standard InChI is InChI=1S/C14H17N3O3/c1-10(2)17(9-14(19)20)13(18)8-16-7-11-5-3-4-6-12(11)15-16/h3-7,10H,8-9H2,1-2H3,(H,19,20). The van der Waals surface area contributed by atoms with Gasteiger partial charge in [0.1, 0.15) is 13.1 Å². The smallest absolute Gasteiger partial charge is 0.323 e. The fraction of sp³-hybridized carbons (Fsp3) is 0.357. The molecule has 20 heavy (non-hydrogen) atoms. The van der Waals surface area contributed by atoms with Gasteiger partial charge in [0.05, 0.1) is 5.52 Å². The van der Waals surface area contributed by atoms with Gasteiger partial charge >= 0.3 is 5.97 Å². The number of amides is 1. The molecule has 1 aromatic carbocycles. The molecule has 2 aromatic rings. The number of carbonyl (C=O) groups is 2. The predicted octanol–water partition coefficient (Wildman–Crippen LogP) is 1.36. The van der Waals surface area contributed by atoms with E-state index in [2.05, 4.69) is 5.10 Å². The van der Waals surface area contributed by atoms with Gasteiger partial charge in [-0.25, -0.2) is 0 Å². The van der Waals surface area contributed by atoms with Crippen LogP contribution in [-0.4, -0.2) is 44.3 Å². The predicted molar refractivity (Wildman–Crippen MR) is 74.2 cm³/mol. The quantitative estimate of drug-likeness (QED) is 0.894. The Morgan fingerprint density at radius 1 is 1.35 bits per heavy atom. The maximum atomic E-state index is 12.2. The van der Waals surface area contributed by atoms with E-state index in [1.165, 1.54) is 4.90 Å². The number of aliphatic carboxylic acids is 1. The normalized spacial score (nSPS) is 10.9. The number of rotatable bonds is 5. The maximum Gasteiger partial charge on any atom is 0.323 e. The van der Waals surface area contributed by atoms with Crippen LogP contribution in [0.3, 0.4) is 0 Å². The molecule has 0 bridgehead atoms. The molecular formula is C14H17N3O3. The van der Waals surface area contributed by atoms with Crippen LogP contribution in [0.1, 0.15) is 13.8 Å². The minimum atomic E-state index is -1.02. The molecule has 0 saturated heterocycles. The van der Waals surface area contributed by atoms with Crippen molar-refractivity contribution in [2.75, 3.05) is 6.54 Å². The van der Waals surface area contributed by atoms with Gasteiger partial charge in [0.2, 0.25) is 5.91 Å². The number of aromatic nitrogens is 2. The van der Waals surface area contributed by atoms with Crippen LogP contribution in [-0.2, 0) is 16.1 Å². The Morgan fingerprint density at radius 3 is 2.65 bits per heavy atom. The molecule has 0 aliphatic carbocycles. The largest absolute Gasteiger partial charge is 0.480 e. The van der Waals surface area contributed by atoms with Crippen molar-refractivity contribution in [1.82, 2.24) is 14.7 Å². The lowest BCUT2D eigenvalue weighted by Gasteiger charge is -2.24. The second-order valence-electron chi connectivity index (χ2n) is 4.89.